The van der Waals surface area contributed by atoms with Gasteiger partial charge in [0.15, 0.2) is 12.2 Å². The van der Waals surface area contributed by atoms with Crippen LogP contribution >= 0.6 is 15.6 Å². The summed E-state index contributed by atoms with van der Waals surface area (Å²) < 4.78 is 67.6. The van der Waals surface area contributed by atoms with Crippen LogP contribution in [0.1, 0.15) is 304 Å². The van der Waals surface area contributed by atoms with E-state index in [2.05, 4.69) is 27.7 Å². The van der Waals surface area contributed by atoms with Crippen molar-refractivity contribution in [3.8, 4) is 0 Å². The molecule has 3 N–H and O–H groups in total. The Labute approximate surface area is 479 Å². The number of carbonyl (C=O) groups excluding carboxylic acids is 4. The number of rotatable bonds is 61. The Kier molecular flexibility index (Phi) is 53.9. The summed E-state index contributed by atoms with van der Waals surface area (Å²) in [5.74, 6) is -2.15. The molecule has 5 atom stereocenters. The average Bonchev–Trinajstić information content (AvgIpc) is 3.42. The number of aliphatic hydroxyl groups excluding tert-OH is 1. The van der Waals surface area contributed by atoms with Crippen molar-refractivity contribution in [3.63, 3.8) is 0 Å². The van der Waals surface area contributed by atoms with Crippen LogP contribution in [0.5, 0.6) is 0 Å². The zero-order chi connectivity index (χ0) is 58.3. The van der Waals surface area contributed by atoms with Crippen molar-refractivity contribution in [3.05, 3.63) is 0 Å². The Morgan fingerprint density at radius 1 is 0.304 bits per heavy atom. The van der Waals surface area contributed by atoms with E-state index in [-0.39, 0.29) is 25.7 Å². The fourth-order valence-electron chi connectivity index (χ4n) is 8.93. The summed E-state index contributed by atoms with van der Waals surface area (Å²) in [6, 6.07) is 0. The summed E-state index contributed by atoms with van der Waals surface area (Å²) >= 11 is 0. The normalized spacial score (nSPS) is 14.3. The molecule has 0 aliphatic carbocycles. The van der Waals surface area contributed by atoms with Crippen LogP contribution < -0.4 is 0 Å². The molecule has 468 valence electrons. The number of ether oxygens (including phenoxy) is 4. The van der Waals surface area contributed by atoms with Crippen LogP contribution in [0.15, 0.2) is 0 Å². The van der Waals surface area contributed by atoms with Crippen LogP contribution in [0, 0.1) is 0 Å². The lowest BCUT2D eigenvalue weighted by molar-refractivity contribution is -0.161. The number of phosphoric ester groups is 2. The topological polar surface area (TPSA) is 237 Å². The predicted molar refractivity (Wildman–Crippen MR) is 312 cm³/mol. The summed E-state index contributed by atoms with van der Waals surface area (Å²) in [6.07, 6.45) is 39.2. The van der Waals surface area contributed by atoms with Gasteiger partial charge in [-0.15, -0.1) is 0 Å². The molecule has 0 spiro atoms. The van der Waals surface area contributed by atoms with Crippen LogP contribution in [0.25, 0.3) is 0 Å². The molecule has 0 aromatic carbocycles. The molecular formula is C60H116O17P2. The van der Waals surface area contributed by atoms with Crippen molar-refractivity contribution < 1.29 is 80.2 Å². The lowest BCUT2D eigenvalue weighted by Crippen LogP contribution is -2.30. The highest BCUT2D eigenvalue weighted by molar-refractivity contribution is 7.47. The maximum atomic E-state index is 12.9. The first-order valence-corrected chi connectivity index (χ1v) is 34.8. The highest BCUT2D eigenvalue weighted by atomic mass is 31.2. The molecule has 0 aliphatic heterocycles. The number of unbranched alkanes of at least 4 members (excludes halogenated alkanes) is 35. The van der Waals surface area contributed by atoms with E-state index in [4.69, 9.17) is 37.0 Å². The van der Waals surface area contributed by atoms with E-state index in [1.807, 2.05) is 0 Å². The third-order valence-electron chi connectivity index (χ3n) is 13.9. The Hall–Kier alpha value is -1.94. The fourth-order valence-corrected chi connectivity index (χ4v) is 10.5. The van der Waals surface area contributed by atoms with E-state index in [1.54, 1.807) is 0 Å². The molecule has 17 nitrogen and oxygen atoms in total. The number of aliphatic hydroxyl groups is 1. The molecule has 2 unspecified atom stereocenters. The molecule has 0 saturated carbocycles. The zero-order valence-electron chi connectivity index (χ0n) is 50.3. The molecule has 79 heavy (non-hydrogen) atoms. The van der Waals surface area contributed by atoms with Gasteiger partial charge >= 0.3 is 39.5 Å². The van der Waals surface area contributed by atoms with Crippen molar-refractivity contribution in [2.45, 2.75) is 322 Å². The quantitative estimate of drug-likeness (QED) is 0.0222. The van der Waals surface area contributed by atoms with Gasteiger partial charge in [0.2, 0.25) is 0 Å². The first-order valence-electron chi connectivity index (χ1n) is 31.8. The summed E-state index contributed by atoms with van der Waals surface area (Å²) in [5, 5.41) is 10.5. The second kappa shape index (κ2) is 55.3. The molecule has 19 heteroatoms. The van der Waals surface area contributed by atoms with Gasteiger partial charge in [0, 0.05) is 25.7 Å². The maximum Gasteiger partial charge on any atom is 0.472 e. The first kappa shape index (κ1) is 77.1. The van der Waals surface area contributed by atoms with Gasteiger partial charge in [-0.1, -0.05) is 252 Å². The van der Waals surface area contributed by atoms with E-state index >= 15 is 0 Å². The zero-order valence-corrected chi connectivity index (χ0v) is 52.1. The van der Waals surface area contributed by atoms with E-state index in [9.17, 15) is 43.2 Å². The minimum atomic E-state index is -4.94. The van der Waals surface area contributed by atoms with Crippen molar-refractivity contribution >= 4 is 39.5 Å². The number of carbonyl (C=O) groups is 4. The second-order valence-corrected chi connectivity index (χ2v) is 24.6. The molecule has 0 amide bonds. The molecule has 0 heterocycles. The van der Waals surface area contributed by atoms with Crippen LogP contribution in [0.2, 0.25) is 0 Å². The summed E-state index contributed by atoms with van der Waals surface area (Å²) in [4.78, 5) is 71.7. The van der Waals surface area contributed by atoms with Crippen molar-refractivity contribution in [1.82, 2.24) is 0 Å². The van der Waals surface area contributed by atoms with Gasteiger partial charge in [-0.2, -0.15) is 0 Å². The van der Waals surface area contributed by atoms with Gasteiger partial charge in [-0.05, 0) is 25.7 Å². The third-order valence-corrected chi connectivity index (χ3v) is 15.8. The van der Waals surface area contributed by atoms with Crippen molar-refractivity contribution in [1.29, 1.82) is 0 Å². The Bertz CT molecular complexity index is 1540. The van der Waals surface area contributed by atoms with E-state index < -0.39 is 97.5 Å². The van der Waals surface area contributed by atoms with E-state index in [0.29, 0.717) is 25.7 Å². The minimum Gasteiger partial charge on any atom is -0.462 e. The van der Waals surface area contributed by atoms with Gasteiger partial charge in [0.25, 0.3) is 0 Å². The smallest absolute Gasteiger partial charge is 0.462 e. The number of hydrogen-bond donors (Lipinski definition) is 3. The van der Waals surface area contributed by atoms with Gasteiger partial charge in [-0.25, -0.2) is 9.13 Å². The van der Waals surface area contributed by atoms with Crippen LogP contribution in [-0.4, -0.2) is 96.7 Å². The lowest BCUT2D eigenvalue weighted by Gasteiger charge is -2.21. The number of esters is 4. The highest BCUT2D eigenvalue weighted by Crippen LogP contribution is 2.45. The van der Waals surface area contributed by atoms with Crippen molar-refractivity contribution in [2.75, 3.05) is 39.6 Å². The third kappa shape index (κ3) is 55.0. The van der Waals surface area contributed by atoms with Crippen LogP contribution in [0.3, 0.4) is 0 Å². The molecule has 0 saturated heterocycles. The molecule has 0 fully saturated rings. The molecule has 0 radical (unpaired) electrons. The number of hydrogen-bond acceptors (Lipinski definition) is 15. The predicted octanol–water partition coefficient (Wildman–Crippen LogP) is 16.4. The molecular weight excluding hydrogens is 1050 g/mol. The largest absolute Gasteiger partial charge is 0.472 e. The Morgan fingerprint density at radius 2 is 0.506 bits per heavy atom. The van der Waals surface area contributed by atoms with Gasteiger partial charge in [0.1, 0.15) is 19.3 Å². The van der Waals surface area contributed by atoms with Gasteiger partial charge < -0.3 is 33.8 Å². The Balaban J connectivity index is 5.16. The maximum absolute atomic E-state index is 12.9. The summed E-state index contributed by atoms with van der Waals surface area (Å²) in [7, 11) is -9.86. The monoisotopic (exact) mass is 1170 g/mol. The minimum absolute atomic E-state index is 0.102. The lowest BCUT2D eigenvalue weighted by atomic mass is 10.0. The van der Waals surface area contributed by atoms with Crippen LogP contribution in [0.4, 0.5) is 0 Å². The summed E-state index contributed by atoms with van der Waals surface area (Å²) in [5.41, 5.74) is 0. The first-order chi connectivity index (χ1) is 38.2. The van der Waals surface area contributed by atoms with Gasteiger partial charge in [-0.3, -0.25) is 37.3 Å². The summed E-state index contributed by atoms with van der Waals surface area (Å²) in [6.45, 7) is 4.76. The number of phosphoric acid groups is 2. The second-order valence-electron chi connectivity index (χ2n) is 21.7. The standard InChI is InChI=1S/C60H116O17P2/c1-5-9-13-17-21-23-25-26-27-28-30-32-35-39-43-47-60(65)77-56(51-71-58(63)45-41-38-34-31-29-24-22-18-14-10-6-2)53-75-79(68,69)73-49-54(61)48-72-78(66,67)74-52-55(76-59(64)46-42-36-20-16-12-8-4)50-70-57(62)44-40-37-33-19-15-11-7-3/h54-56,61H,5-53H2,1-4H3,(H,66,67)(H,68,69)/t54-,55+,56+/m0/s1. The van der Waals surface area contributed by atoms with E-state index in [0.717, 1.165) is 109 Å². The molecule has 0 aromatic rings. The SMILES string of the molecule is CCCCCCCCCCCCCCCCCC(=O)O[C@H](COC(=O)CCCCCCCCCCCCC)COP(=O)(O)OC[C@@H](O)COP(=O)(O)OC[C@@H](COC(=O)CCCCCCCCC)OC(=O)CCCCCCCC. The van der Waals surface area contributed by atoms with Crippen LogP contribution in [-0.2, 0) is 65.4 Å². The highest BCUT2D eigenvalue weighted by Gasteiger charge is 2.30. The fraction of sp³-hybridized carbons (Fsp3) is 0.933. The Morgan fingerprint density at radius 3 is 0.747 bits per heavy atom. The average molecular weight is 1170 g/mol. The molecule has 0 rings (SSSR count). The van der Waals surface area contributed by atoms with Crippen molar-refractivity contribution in [2.24, 2.45) is 0 Å². The molecule has 0 bridgehead atoms. The molecule has 0 aromatic heterocycles. The van der Waals surface area contributed by atoms with Gasteiger partial charge in [0.05, 0.1) is 26.4 Å². The molecule has 0 aliphatic rings. The van der Waals surface area contributed by atoms with E-state index in [1.165, 1.54) is 116 Å².